The smallest absolute Gasteiger partial charge is 0.163 e. The van der Waals surface area contributed by atoms with Crippen LogP contribution in [0.4, 0.5) is 11.5 Å². The van der Waals surface area contributed by atoms with Crippen LogP contribution in [0, 0.1) is 0 Å². The summed E-state index contributed by atoms with van der Waals surface area (Å²) >= 11 is 5.83. The van der Waals surface area contributed by atoms with Gasteiger partial charge in [-0.1, -0.05) is 11.6 Å². The first-order valence-electron chi connectivity index (χ1n) is 8.70. The Bertz CT molecular complexity index is 947. The average molecular weight is 386 g/mol. The molecule has 0 amide bonds. The number of hydrogen-bond donors (Lipinski definition) is 1. The van der Waals surface area contributed by atoms with Crippen molar-refractivity contribution >= 4 is 33.9 Å². The Morgan fingerprint density at radius 2 is 2.11 bits per heavy atom. The number of benzene rings is 1. The third kappa shape index (κ3) is 4.30. The largest absolute Gasteiger partial charge is 0.491 e. The van der Waals surface area contributed by atoms with Crippen molar-refractivity contribution in [3.05, 3.63) is 53.9 Å². The first-order valence-corrected chi connectivity index (χ1v) is 9.08. The molecule has 0 aliphatic carbocycles. The zero-order valence-corrected chi connectivity index (χ0v) is 15.9. The van der Waals surface area contributed by atoms with E-state index in [0.717, 1.165) is 28.0 Å². The number of fused-ring (bicyclic) bond motifs is 1. The summed E-state index contributed by atoms with van der Waals surface area (Å²) in [5.74, 6) is 0.985. The third-order valence-corrected chi connectivity index (χ3v) is 4.45. The molecule has 0 radical (unpaired) electrons. The van der Waals surface area contributed by atoms with Crippen LogP contribution in [0.3, 0.4) is 0 Å². The number of hydrogen-bond acceptors (Lipinski definition) is 6. The maximum atomic E-state index is 5.89. The second-order valence-corrected chi connectivity index (χ2v) is 7.19. The maximum Gasteiger partial charge on any atom is 0.163 e. The Labute approximate surface area is 162 Å². The van der Waals surface area contributed by atoms with Crippen molar-refractivity contribution in [3.8, 4) is 5.75 Å². The minimum absolute atomic E-state index is 0.0669. The van der Waals surface area contributed by atoms with Crippen molar-refractivity contribution in [1.29, 1.82) is 0 Å². The van der Waals surface area contributed by atoms with Gasteiger partial charge < -0.3 is 19.5 Å². The molecule has 0 bridgehead atoms. The van der Waals surface area contributed by atoms with Gasteiger partial charge >= 0.3 is 0 Å². The molecule has 1 aliphatic heterocycles. The molecule has 0 saturated carbocycles. The van der Waals surface area contributed by atoms with Crippen LogP contribution in [0.25, 0.3) is 10.8 Å². The maximum absolute atomic E-state index is 5.89. The Morgan fingerprint density at radius 1 is 1.22 bits per heavy atom. The molecule has 1 N–H and O–H groups in total. The van der Waals surface area contributed by atoms with Crippen molar-refractivity contribution in [2.24, 2.45) is 0 Å². The predicted molar refractivity (Wildman–Crippen MR) is 105 cm³/mol. The second kappa shape index (κ2) is 7.31. The van der Waals surface area contributed by atoms with E-state index in [4.69, 9.17) is 25.8 Å². The van der Waals surface area contributed by atoms with E-state index in [1.54, 1.807) is 18.5 Å². The fraction of sp³-hybridized carbons (Fsp3) is 0.300. The summed E-state index contributed by atoms with van der Waals surface area (Å²) in [4.78, 5) is 8.50. The van der Waals surface area contributed by atoms with Crippen LogP contribution in [0.5, 0.6) is 5.75 Å². The molecule has 1 unspecified atom stereocenters. The second-order valence-electron chi connectivity index (χ2n) is 6.80. The van der Waals surface area contributed by atoms with E-state index in [9.17, 15) is 0 Å². The lowest BCUT2D eigenvalue weighted by molar-refractivity contribution is -0.141. The minimum atomic E-state index is -0.541. The summed E-state index contributed by atoms with van der Waals surface area (Å²) in [5.41, 5.74) is 0.820. The van der Waals surface area contributed by atoms with Gasteiger partial charge in [0.1, 0.15) is 29.4 Å². The third-order valence-electron chi connectivity index (χ3n) is 4.23. The predicted octanol–water partition coefficient (Wildman–Crippen LogP) is 4.56. The zero-order valence-electron chi connectivity index (χ0n) is 15.1. The SMILES string of the molecule is CC1(C)OCC(COc2ccc3c(Nc4ccc(Cl)nc4)nccc3c2)O1. The van der Waals surface area contributed by atoms with E-state index >= 15 is 0 Å². The van der Waals surface area contributed by atoms with E-state index in [1.807, 2.05) is 44.2 Å². The lowest BCUT2D eigenvalue weighted by Gasteiger charge is -2.17. The van der Waals surface area contributed by atoms with Crippen molar-refractivity contribution in [3.63, 3.8) is 0 Å². The molecular formula is C20H20ClN3O3. The van der Waals surface area contributed by atoms with Gasteiger partial charge in [-0.15, -0.1) is 0 Å². The molecule has 6 nitrogen and oxygen atoms in total. The molecular weight excluding hydrogens is 366 g/mol. The molecule has 3 aromatic rings. The molecule has 7 heteroatoms. The number of aromatic nitrogens is 2. The minimum Gasteiger partial charge on any atom is -0.491 e. The zero-order chi connectivity index (χ0) is 18.9. The molecule has 1 atom stereocenters. The molecule has 3 heterocycles. The van der Waals surface area contributed by atoms with Crippen LogP contribution in [0.1, 0.15) is 13.8 Å². The quantitative estimate of drug-likeness (QED) is 0.649. The van der Waals surface area contributed by atoms with Crippen molar-refractivity contribution < 1.29 is 14.2 Å². The molecule has 1 saturated heterocycles. The number of ether oxygens (including phenoxy) is 3. The van der Waals surface area contributed by atoms with Gasteiger partial charge in [-0.05, 0) is 55.6 Å². The van der Waals surface area contributed by atoms with Gasteiger partial charge in [-0.3, -0.25) is 0 Å². The molecule has 1 aromatic carbocycles. The van der Waals surface area contributed by atoms with Gasteiger partial charge in [0.25, 0.3) is 0 Å². The van der Waals surface area contributed by atoms with Crippen LogP contribution >= 0.6 is 11.6 Å². The summed E-state index contributed by atoms with van der Waals surface area (Å²) in [5, 5.41) is 5.73. The number of nitrogens with one attached hydrogen (secondary N) is 1. The lowest BCUT2D eigenvalue weighted by Crippen LogP contribution is -2.25. The molecule has 1 fully saturated rings. The Kier molecular flexibility index (Phi) is 4.86. The summed E-state index contributed by atoms with van der Waals surface area (Å²) in [6, 6.07) is 11.4. The highest BCUT2D eigenvalue weighted by atomic mass is 35.5. The highest BCUT2D eigenvalue weighted by Crippen LogP contribution is 2.28. The van der Waals surface area contributed by atoms with Crippen LogP contribution in [0.2, 0.25) is 5.15 Å². The number of halogens is 1. The number of anilines is 2. The molecule has 140 valence electrons. The molecule has 4 rings (SSSR count). The number of rotatable bonds is 5. The van der Waals surface area contributed by atoms with Gasteiger partial charge in [-0.25, -0.2) is 9.97 Å². The average Bonchev–Trinajstić information content (AvgIpc) is 3.01. The summed E-state index contributed by atoms with van der Waals surface area (Å²) in [7, 11) is 0. The fourth-order valence-electron chi connectivity index (χ4n) is 2.97. The van der Waals surface area contributed by atoms with Crippen molar-refractivity contribution in [2.45, 2.75) is 25.7 Å². The molecule has 1 aliphatic rings. The summed E-state index contributed by atoms with van der Waals surface area (Å²) < 4.78 is 17.2. The monoisotopic (exact) mass is 385 g/mol. The van der Waals surface area contributed by atoms with E-state index in [1.165, 1.54) is 0 Å². The van der Waals surface area contributed by atoms with Crippen LogP contribution < -0.4 is 10.1 Å². The van der Waals surface area contributed by atoms with Crippen LogP contribution in [-0.4, -0.2) is 35.1 Å². The Morgan fingerprint density at radius 3 is 2.85 bits per heavy atom. The fourth-order valence-corrected chi connectivity index (χ4v) is 3.08. The van der Waals surface area contributed by atoms with Crippen LogP contribution in [-0.2, 0) is 9.47 Å². The van der Waals surface area contributed by atoms with Gasteiger partial charge in [0, 0.05) is 11.6 Å². The Balaban J connectivity index is 1.49. The van der Waals surface area contributed by atoms with E-state index < -0.39 is 5.79 Å². The first kappa shape index (κ1) is 18.0. The topological polar surface area (TPSA) is 65.5 Å². The van der Waals surface area contributed by atoms with E-state index in [0.29, 0.717) is 18.4 Å². The molecule has 0 spiro atoms. The molecule has 2 aromatic heterocycles. The van der Waals surface area contributed by atoms with Crippen molar-refractivity contribution in [1.82, 2.24) is 9.97 Å². The summed E-state index contributed by atoms with van der Waals surface area (Å²) in [6.07, 6.45) is 3.36. The first-order chi connectivity index (χ1) is 13.0. The molecule has 27 heavy (non-hydrogen) atoms. The van der Waals surface area contributed by atoms with E-state index in [-0.39, 0.29) is 6.10 Å². The van der Waals surface area contributed by atoms with Gasteiger partial charge in [-0.2, -0.15) is 0 Å². The standard InChI is InChI=1S/C20H20ClN3O3/c1-20(2)26-12-16(27-20)11-25-15-4-5-17-13(9-15)7-8-22-19(17)24-14-3-6-18(21)23-10-14/h3-10,16H,11-12H2,1-2H3,(H,22,24). The Hall–Kier alpha value is -2.41. The number of nitrogens with zero attached hydrogens (tertiary/aromatic N) is 2. The highest BCUT2D eigenvalue weighted by Gasteiger charge is 2.32. The van der Waals surface area contributed by atoms with Crippen molar-refractivity contribution in [2.75, 3.05) is 18.5 Å². The summed E-state index contributed by atoms with van der Waals surface area (Å²) in [6.45, 7) is 4.79. The normalized spacial score (nSPS) is 18.6. The van der Waals surface area contributed by atoms with Crippen LogP contribution in [0.15, 0.2) is 48.8 Å². The number of pyridine rings is 2. The van der Waals surface area contributed by atoms with E-state index in [2.05, 4.69) is 15.3 Å². The van der Waals surface area contributed by atoms with Gasteiger partial charge in [0.2, 0.25) is 0 Å². The lowest BCUT2D eigenvalue weighted by atomic mass is 10.1. The van der Waals surface area contributed by atoms with Gasteiger partial charge in [0.15, 0.2) is 5.79 Å². The van der Waals surface area contributed by atoms with Gasteiger partial charge in [0.05, 0.1) is 18.5 Å². The highest BCUT2D eigenvalue weighted by molar-refractivity contribution is 6.29.